The highest BCUT2D eigenvalue weighted by molar-refractivity contribution is 5.35. The van der Waals surface area contributed by atoms with Crippen molar-refractivity contribution in [3.05, 3.63) is 0 Å². The van der Waals surface area contributed by atoms with Gasteiger partial charge in [-0.15, -0.1) is 0 Å². The number of rotatable bonds is 13. The lowest BCUT2D eigenvalue weighted by Crippen LogP contribution is -2.25. The van der Waals surface area contributed by atoms with Crippen LogP contribution in [0.2, 0.25) is 0 Å². The first kappa shape index (κ1) is 20.8. The van der Waals surface area contributed by atoms with Gasteiger partial charge >= 0.3 is 0 Å². The minimum absolute atomic E-state index is 0.0811. The van der Waals surface area contributed by atoms with Gasteiger partial charge in [0.2, 0.25) is 12.2 Å². The summed E-state index contributed by atoms with van der Waals surface area (Å²) in [7, 11) is 0. The highest BCUT2D eigenvalue weighted by Crippen LogP contribution is 2.34. The van der Waals surface area contributed by atoms with Crippen LogP contribution in [0.25, 0.3) is 0 Å². The smallest absolute Gasteiger partial charge is 0.211 e. The van der Waals surface area contributed by atoms with E-state index in [2.05, 4.69) is 9.98 Å². The van der Waals surface area contributed by atoms with Gasteiger partial charge in [-0.1, -0.05) is 77.0 Å². The zero-order valence-corrected chi connectivity index (χ0v) is 15.2. The van der Waals surface area contributed by atoms with Crippen molar-refractivity contribution in [2.24, 2.45) is 9.98 Å². The molecule has 0 spiro atoms. The Morgan fingerprint density at radius 3 is 1.75 bits per heavy atom. The molecule has 1 fully saturated rings. The summed E-state index contributed by atoms with van der Waals surface area (Å²) in [5, 5.41) is 0. The summed E-state index contributed by atoms with van der Waals surface area (Å²) in [6.45, 7) is 0.633. The van der Waals surface area contributed by atoms with Gasteiger partial charge in [0, 0.05) is 0 Å². The Morgan fingerprint density at radius 1 is 0.667 bits per heavy atom. The molecule has 0 atom stereocenters. The SMILES string of the molecule is O=C=NCCCCCCCCCCCC1(N=C=O)CCCCCC1. The van der Waals surface area contributed by atoms with Gasteiger partial charge in [0.1, 0.15) is 0 Å². The highest BCUT2D eigenvalue weighted by atomic mass is 16.1. The van der Waals surface area contributed by atoms with Crippen LogP contribution in [-0.2, 0) is 9.59 Å². The number of unbranched alkanes of at least 4 members (excludes halogenated alkanes) is 8. The first-order valence-electron chi connectivity index (χ1n) is 9.96. The zero-order chi connectivity index (χ0) is 17.3. The lowest BCUT2D eigenvalue weighted by molar-refractivity contribution is 0.332. The van der Waals surface area contributed by atoms with Gasteiger partial charge in [-0.3, -0.25) is 0 Å². The number of isocyanates is 2. The molecule has 0 unspecified atom stereocenters. The zero-order valence-electron chi connectivity index (χ0n) is 15.2. The normalized spacial score (nSPS) is 16.7. The topological polar surface area (TPSA) is 58.9 Å². The van der Waals surface area contributed by atoms with Crippen molar-refractivity contribution in [1.82, 2.24) is 0 Å². The fourth-order valence-corrected chi connectivity index (χ4v) is 3.83. The van der Waals surface area contributed by atoms with Crippen LogP contribution < -0.4 is 0 Å². The third-order valence-electron chi connectivity index (χ3n) is 5.29. The van der Waals surface area contributed by atoms with E-state index in [0.717, 1.165) is 32.1 Å². The predicted molar refractivity (Wildman–Crippen MR) is 97.7 cm³/mol. The van der Waals surface area contributed by atoms with Gasteiger partial charge in [-0.25, -0.2) is 14.6 Å². The van der Waals surface area contributed by atoms with Crippen LogP contribution in [0.1, 0.15) is 103 Å². The van der Waals surface area contributed by atoms with E-state index in [0.29, 0.717) is 6.54 Å². The molecule has 0 bridgehead atoms. The average Bonchev–Trinajstić information content (AvgIpc) is 2.82. The van der Waals surface area contributed by atoms with Crippen molar-refractivity contribution in [3.63, 3.8) is 0 Å². The minimum atomic E-state index is -0.0811. The van der Waals surface area contributed by atoms with Crippen molar-refractivity contribution in [2.45, 2.75) is 108 Å². The molecule has 4 nitrogen and oxygen atoms in total. The second-order valence-corrected chi connectivity index (χ2v) is 7.25. The van der Waals surface area contributed by atoms with E-state index in [1.165, 1.54) is 70.6 Å². The maximum absolute atomic E-state index is 10.8. The van der Waals surface area contributed by atoms with E-state index in [-0.39, 0.29) is 5.54 Å². The molecule has 0 aromatic carbocycles. The molecule has 1 aliphatic carbocycles. The maximum Gasteiger partial charge on any atom is 0.235 e. The number of nitrogens with zero attached hydrogens (tertiary/aromatic N) is 2. The van der Waals surface area contributed by atoms with Crippen LogP contribution in [0.15, 0.2) is 9.98 Å². The number of carbonyl (C=O) groups excluding carboxylic acids is 2. The molecule has 0 aliphatic heterocycles. The van der Waals surface area contributed by atoms with Crippen LogP contribution in [0.3, 0.4) is 0 Å². The standard InChI is InChI=1S/C20H34N2O2/c23-18-21-17-13-9-5-3-1-2-4-6-10-14-20(22-19-24)15-11-7-8-12-16-20/h1-17H2. The van der Waals surface area contributed by atoms with Crippen molar-refractivity contribution in [2.75, 3.05) is 6.54 Å². The Bertz CT molecular complexity index is 402. The summed E-state index contributed by atoms with van der Waals surface area (Å²) in [6.07, 6.45) is 22.7. The molecule has 0 radical (unpaired) electrons. The van der Waals surface area contributed by atoms with Gasteiger partial charge in [-0.2, -0.15) is 4.99 Å². The average molecular weight is 335 g/mol. The second-order valence-electron chi connectivity index (χ2n) is 7.25. The maximum atomic E-state index is 10.8. The monoisotopic (exact) mass is 334 g/mol. The molecule has 0 heterocycles. The van der Waals surface area contributed by atoms with Crippen LogP contribution in [0.5, 0.6) is 0 Å². The Labute approximate surface area is 147 Å². The Balaban J connectivity index is 2.01. The Kier molecular flexibility index (Phi) is 12.3. The van der Waals surface area contributed by atoms with Crippen LogP contribution in [0, 0.1) is 0 Å². The molecular weight excluding hydrogens is 300 g/mol. The first-order chi connectivity index (χ1) is 11.8. The summed E-state index contributed by atoms with van der Waals surface area (Å²) in [6, 6.07) is 0. The summed E-state index contributed by atoms with van der Waals surface area (Å²) < 4.78 is 0. The van der Waals surface area contributed by atoms with Crippen molar-refractivity contribution in [3.8, 4) is 0 Å². The quantitative estimate of drug-likeness (QED) is 0.189. The van der Waals surface area contributed by atoms with Crippen molar-refractivity contribution in [1.29, 1.82) is 0 Å². The second kappa shape index (κ2) is 14.1. The molecule has 24 heavy (non-hydrogen) atoms. The van der Waals surface area contributed by atoms with Crippen LogP contribution in [0.4, 0.5) is 0 Å². The van der Waals surface area contributed by atoms with Gasteiger partial charge in [-0.05, 0) is 25.7 Å². The molecule has 1 aliphatic rings. The molecule has 0 aromatic rings. The minimum Gasteiger partial charge on any atom is -0.211 e. The van der Waals surface area contributed by atoms with Crippen LogP contribution in [-0.4, -0.2) is 24.2 Å². The van der Waals surface area contributed by atoms with Gasteiger partial charge < -0.3 is 0 Å². The molecule has 0 amide bonds. The van der Waals surface area contributed by atoms with Gasteiger partial charge in [0.25, 0.3) is 0 Å². The van der Waals surface area contributed by atoms with E-state index in [9.17, 15) is 9.59 Å². The molecule has 136 valence electrons. The summed E-state index contributed by atoms with van der Waals surface area (Å²) in [5.41, 5.74) is -0.0811. The molecule has 0 N–H and O–H groups in total. The molecule has 1 saturated carbocycles. The predicted octanol–water partition coefficient (Wildman–Crippen LogP) is 5.65. The number of hydrogen-bond acceptors (Lipinski definition) is 4. The molecule has 4 heteroatoms. The highest BCUT2D eigenvalue weighted by Gasteiger charge is 2.29. The van der Waals surface area contributed by atoms with E-state index in [4.69, 9.17) is 0 Å². The molecule has 0 saturated heterocycles. The van der Waals surface area contributed by atoms with E-state index in [1.807, 2.05) is 6.08 Å². The summed E-state index contributed by atoms with van der Waals surface area (Å²) >= 11 is 0. The third kappa shape index (κ3) is 9.80. The van der Waals surface area contributed by atoms with E-state index in [1.54, 1.807) is 6.08 Å². The van der Waals surface area contributed by atoms with Crippen LogP contribution >= 0.6 is 0 Å². The third-order valence-corrected chi connectivity index (χ3v) is 5.29. The lowest BCUT2D eigenvalue weighted by atomic mass is 9.85. The summed E-state index contributed by atoms with van der Waals surface area (Å²) in [5.74, 6) is 0. The fourth-order valence-electron chi connectivity index (χ4n) is 3.83. The first-order valence-corrected chi connectivity index (χ1v) is 9.96. The number of hydrogen-bond donors (Lipinski definition) is 0. The number of aliphatic imine (C=N–C) groups is 2. The molecule has 1 rings (SSSR count). The summed E-state index contributed by atoms with van der Waals surface area (Å²) in [4.78, 5) is 28.5. The largest absolute Gasteiger partial charge is 0.235 e. The fraction of sp³-hybridized carbons (Fsp3) is 0.900. The Hall–Kier alpha value is -1.24. The lowest BCUT2D eigenvalue weighted by Gasteiger charge is -2.26. The molecular formula is C20H34N2O2. The van der Waals surface area contributed by atoms with Crippen molar-refractivity contribution >= 4 is 12.2 Å². The van der Waals surface area contributed by atoms with Gasteiger partial charge in [0.05, 0.1) is 12.1 Å². The van der Waals surface area contributed by atoms with E-state index < -0.39 is 0 Å². The Morgan fingerprint density at radius 2 is 1.21 bits per heavy atom. The van der Waals surface area contributed by atoms with E-state index >= 15 is 0 Å². The van der Waals surface area contributed by atoms with Gasteiger partial charge in [0.15, 0.2) is 0 Å². The molecule has 0 aromatic heterocycles. The van der Waals surface area contributed by atoms with Crippen molar-refractivity contribution < 1.29 is 9.59 Å².